The molecule has 38 heavy (non-hydrogen) atoms. The van der Waals surface area contributed by atoms with Gasteiger partial charge in [-0.3, -0.25) is 14.4 Å². The number of hydrogen-bond donors (Lipinski definition) is 6. The van der Waals surface area contributed by atoms with Crippen molar-refractivity contribution in [2.24, 2.45) is 17.1 Å². The van der Waals surface area contributed by atoms with E-state index in [-0.39, 0.29) is 23.8 Å². The van der Waals surface area contributed by atoms with Gasteiger partial charge in [0.15, 0.2) is 0 Å². The number of hydrogen-bond acceptors (Lipinski definition) is 7. The molecule has 1 unspecified atom stereocenters. The maximum absolute atomic E-state index is 13.7. The van der Waals surface area contributed by atoms with Crippen LogP contribution >= 0.6 is 0 Å². The number of amides is 3. The molecule has 7 N–H and O–H groups in total. The summed E-state index contributed by atoms with van der Waals surface area (Å²) in [6.45, 7) is 14.3. The molecule has 11 nitrogen and oxygen atoms in total. The van der Waals surface area contributed by atoms with E-state index in [9.17, 15) is 29.4 Å². The van der Waals surface area contributed by atoms with E-state index in [1.54, 1.807) is 27.1 Å². The topological polar surface area (TPSA) is 174 Å². The normalized spacial score (nSPS) is 15.9. The first-order valence-electron chi connectivity index (χ1n) is 13.2. The minimum Gasteiger partial charge on any atom is -0.480 e. The van der Waals surface area contributed by atoms with Gasteiger partial charge in [-0.2, -0.15) is 0 Å². The average Bonchev–Trinajstić information content (AvgIpc) is 2.77. The third-order valence-corrected chi connectivity index (χ3v) is 6.46. The van der Waals surface area contributed by atoms with Gasteiger partial charge in [0.05, 0.1) is 11.6 Å². The van der Waals surface area contributed by atoms with E-state index in [2.05, 4.69) is 16.0 Å². The van der Waals surface area contributed by atoms with Gasteiger partial charge in [-0.15, -0.1) is 0 Å². The Morgan fingerprint density at radius 1 is 1.00 bits per heavy atom. The third kappa shape index (κ3) is 11.1. The van der Waals surface area contributed by atoms with Gasteiger partial charge in [0.25, 0.3) is 0 Å². The molecule has 0 aliphatic heterocycles. The Morgan fingerprint density at radius 3 is 1.95 bits per heavy atom. The van der Waals surface area contributed by atoms with E-state index < -0.39 is 53.0 Å². The highest BCUT2D eigenvalue weighted by Gasteiger charge is 2.40. The van der Waals surface area contributed by atoms with Gasteiger partial charge in [-0.1, -0.05) is 40.7 Å². The fourth-order valence-corrected chi connectivity index (χ4v) is 4.14. The van der Waals surface area contributed by atoms with E-state index in [0.29, 0.717) is 19.4 Å². The van der Waals surface area contributed by atoms with Crippen LogP contribution in [0.25, 0.3) is 0 Å². The number of aliphatic carboxylic acids is 1. The molecule has 0 aromatic heterocycles. The molecular formula is C27H51N5O6. The molecule has 11 heteroatoms. The maximum atomic E-state index is 13.7. The molecule has 0 aliphatic rings. The monoisotopic (exact) mass is 541 g/mol. The lowest BCUT2D eigenvalue weighted by molar-refractivity contribution is -0.142. The largest absolute Gasteiger partial charge is 0.480 e. The van der Waals surface area contributed by atoms with E-state index in [0.717, 1.165) is 0 Å². The molecule has 0 aromatic rings. The zero-order chi connectivity index (χ0) is 30.0. The second kappa shape index (κ2) is 15.2. The minimum absolute atomic E-state index is 0.0933. The molecular weight excluding hydrogens is 490 g/mol. The molecule has 0 fully saturated rings. The van der Waals surface area contributed by atoms with Crippen LogP contribution in [-0.4, -0.2) is 89.2 Å². The van der Waals surface area contributed by atoms with Crippen LogP contribution in [0.5, 0.6) is 0 Å². The fourth-order valence-electron chi connectivity index (χ4n) is 4.14. The van der Waals surface area contributed by atoms with Crippen molar-refractivity contribution in [2.75, 3.05) is 20.6 Å². The molecule has 0 heterocycles. The summed E-state index contributed by atoms with van der Waals surface area (Å²) >= 11 is 0. The van der Waals surface area contributed by atoms with Crippen molar-refractivity contribution in [3.63, 3.8) is 0 Å². The molecule has 0 radical (unpaired) electrons. The number of carbonyl (C=O) groups is 4. The van der Waals surface area contributed by atoms with Crippen LogP contribution in [0, 0.1) is 11.3 Å². The smallest absolute Gasteiger partial charge is 0.326 e. The quantitative estimate of drug-likeness (QED) is 0.131. The molecule has 3 amide bonds. The van der Waals surface area contributed by atoms with Crippen LogP contribution in [-0.2, 0) is 19.2 Å². The van der Waals surface area contributed by atoms with Crippen molar-refractivity contribution >= 4 is 23.7 Å². The molecule has 0 aromatic carbocycles. The van der Waals surface area contributed by atoms with Crippen LogP contribution in [0.1, 0.15) is 74.7 Å². The minimum atomic E-state index is -1.36. The van der Waals surface area contributed by atoms with Crippen LogP contribution < -0.4 is 21.7 Å². The SMILES string of the molecule is CN[C@H](C(=O)N[C@H](C(=O)N(C)[C@H](/C=C(\C)C(=O)NC(CCCCN)C(=O)O)C(C)C)C(C)(C)C)C(C)(C)O. The Hall–Kier alpha value is -2.50. The van der Waals surface area contributed by atoms with Crippen molar-refractivity contribution in [3.8, 4) is 0 Å². The summed E-state index contributed by atoms with van der Waals surface area (Å²) in [5, 5.41) is 28.0. The van der Waals surface area contributed by atoms with Crippen molar-refractivity contribution in [2.45, 2.75) is 104 Å². The van der Waals surface area contributed by atoms with E-state index in [4.69, 9.17) is 5.73 Å². The maximum Gasteiger partial charge on any atom is 0.326 e. The zero-order valence-corrected chi connectivity index (χ0v) is 24.8. The zero-order valence-electron chi connectivity index (χ0n) is 24.8. The Balaban J connectivity index is 5.94. The lowest BCUT2D eigenvalue weighted by Gasteiger charge is -2.39. The number of likely N-dealkylation sites (N-methyl/N-ethyl adjacent to an activating group) is 2. The number of carboxylic acids is 1. The molecule has 220 valence electrons. The van der Waals surface area contributed by atoms with Gasteiger partial charge in [-0.05, 0) is 65.0 Å². The van der Waals surface area contributed by atoms with Crippen molar-refractivity contribution < 1.29 is 29.4 Å². The van der Waals surface area contributed by atoms with Crippen molar-refractivity contribution in [1.82, 2.24) is 20.9 Å². The van der Waals surface area contributed by atoms with Gasteiger partial charge in [0.2, 0.25) is 17.7 Å². The Bertz CT molecular complexity index is 844. The molecule has 0 aliphatic carbocycles. The lowest BCUT2D eigenvalue weighted by atomic mass is 9.84. The molecule has 0 rings (SSSR count). The van der Waals surface area contributed by atoms with E-state index in [1.807, 2.05) is 34.6 Å². The number of nitrogens with zero attached hydrogens (tertiary/aromatic N) is 1. The Labute approximate surface area is 228 Å². The second-order valence-corrected chi connectivity index (χ2v) is 11.9. The predicted octanol–water partition coefficient (Wildman–Crippen LogP) is 1.00. The average molecular weight is 542 g/mol. The molecule has 0 spiro atoms. The van der Waals surface area contributed by atoms with Gasteiger partial charge in [0, 0.05) is 12.6 Å². The number of aliphatic hydroxyl groups is 1. The summed E-state index contributed by atoms with van der Waals surface area (Å²) in [6, 6.07) is -3.40. The molecule has 0 saturated heterocycles. The first-order chi connectivity index (χ1) is 17.3. The highest BCUT2D eigenvalue weighted by molar-refractivity contribution is 5.96. The number of carboxylic acid groups (broad SMARTS) is 1. The predicted molar refractivity (Wildman–Crippen MR) is 148 cm³/mol. The van der Waals surface area contributed by atoms with Crippen LogP contribution in [0.4, 0.5) is 0 Å². The lowest BCUT2D eigenvalue weighted by Crippen LogP contribution is -2.62. The molecule has 4 atom stereocenters. The van der Waals surface area contributed by atoms with E-state index in [1.165, 1.54) is 18.7 Å². The number of carbonyl (C=O) groups excluding carboxylic acids is 3. The summed E-state index contributed by atoms with van der Waals surface area (Å²) in [5.41, 5.74) is 3.74. The highest BCUT2D eigenvalue weighted by Crippen LogP contribution is 2.24. The van der Waals surface area contributed by atoms with E-state index >= 15 is 0 Å². The number of rotatable bonds is 15. The van der Waals surface area contributed by atoms with Crippen LogP contribution in [0.3, 0.4) is 0 Å². The number of unbranched alkanes of at least 4 members (excludes halogenated alkanes) is 1. The van der Waals surface area contributed by atoms with Gasteiger partial charge >= 0.3 is 5.97 Å². The van der Waals surface area contributed by atoms with Gasteiger partial charge in [-0.25, -0.2) is 4.79 Å². The van der Waals surface area contributed by atoms with Gasteiger partial charge < -0.3 is 36.8 Å². The summed E-state index contributed by atoms with van der Waals surface area (Å²) in [4.78, 5) is 52.6. The van der Waals surface area contributed by atoms with Crippen molar-refractivity contribution in [1.29, 1.82) is 0 Å². The van der Waals surface area contributed by atoms with Crippen LogP contribution in [0.2, 0.25) is 0 Å². The Kier molecular flexibility index (Phi) is 14.2. The van der Waals surface area contributed by atoms with Crippen molar-refractivity contribution in [3.05, 3.63) is 11.6 Å². The number of nitrogens with two attached hydrogens (primary N) is 1. The fraction of sp³-hybridized carbons (Fsp3) is 0.778. The summed E-state index contributed by atoms with van der Waals surface area (Å²) in [6.07, 6.45) is 3.14. The summed E-state index contributed by atoms with van der Waals surface area (Å²) < 4.78 is 0. The van der Waals surface area contributed by atoms with Gasteiger partial charge in [0.1, 0.15) is 18.1 Å². The first-order valence-corrected chi connectivity index (χ1v) is 13.2. The number of nitrogens with one attached hydrogen (secondary N) is 3. The first kappa shape index (κ1) is 35.5. The second-order valence-electron chi connectivity index (χ2n) is 11.9. The molecule has 0 bridgehead atoms. The highest BCUT2D eigenvalue weighted by atomic mass is 16.4. The standard InChI is InChI=1S/C27H51N5O6/c1-16(2)19(15-17(3)22(33)30-18(25(36)37)13-11-12-14-28)32(10)24(35)21(26(4,5)6)31-23(34)20(29-9)27(7,8)38/h15-16,18-21,29,38H,11-14,28H2,1-10H3,(H,30,33)(H,31,34)(H,36,37)/b17-15+/t18?,19-,20-,21-/m1/s1. The summed E-state index contributed by atoms with van der Waals surface area (Å²) in [7, 11) is 3.17. The Morgan fingerprint density at radius 2 is 1.55 bits per heavy atom. The third-order valence-electron chi connectivity index (χ3n) is 6.46. The van der Waals surface area contributed by atoms with Crippen LogP contribution in [0.15, 0.2) is 11.6 Å². The summed E-state index contributed by atoms with van der Waals surface area (Å²) in [5.74, 6) is -2.61. The molecule has 0 saturated carbocycles.